The molecule has 2 heterocycles. The maximum absolute atomic E-state index is 5.93. The fourth-order valence-corrected chi connectivity index (χ4v) is 2.32. The molecule has 2 rings (SSSR count). The lowest BCUT2D eigenvalue weighted by atomic mass is 10.2. The van der Waals surface area contributed by atoms with Gasteiger partial charge in [-0.1, -0.05) is 16.1 Å². The topological polar surface area (TPSA) is 29.0 Å². The standard InChI is InChI=1S/C8H12ClN3S/c1-6-3-2-4-12(6)5-7-8(9)13-11-10-7/h6H,2-5H2,1H3. The number of hydrogen-bond acceptors (Lipinski definition) is 4. The predicted octanol–water partition coefficient (Wildman–Crippen LogP) is 2.18. The molecule has 0 saturated carbocycles. The molecule has 1 aromatic heterocycles. The minimum atomic E-state index is 0.665. The minimum Gasteiger partial charge on any atom is -0.295 e. The maximum Gasteiger partial charge on any atom is 0.138 e. The third kappa shape index (κ3) is 2.00. The van der Waals surface area contributed by atoms with Crippen LogP contribution in [0.1, 0.15) is 25.5 Å². The zero-order valence-corrected chi connectivity index (χ0v) is 9.11. The Morgan fingerprint density at radius 2 is 2.54 bits per heavy atom. The average molecular weight is 218 g/mol. The molecule has 1 aliphatic heterocycles. The van der Waals surface area contributed by atoms with Crippen LogP contribution in [0.4, 0.5) is 0 Å². The third-order valence-corrected chi connectivity index (χ3v) is 3.54. The van der Waals surface area contributed by atoms with Crippen molar-refractivity contribution in [2.75, 3.05) is 6.54 Å². The van der Waals surface area contributed by atoms with E-state index in [4.69, 9.17) is 11.6 Å². The van der Waals surface area contributed by atoms with Crippen LogP contribution in [0.15, 0.2) is 0 Å². The molecule has 5 heteroatoms. The molecule has 1 unspecified atom stereocenters. The number of halogens is 1. The first-order valence-corrected chi connectivity index (χ1v) is 5.63. The Morgan fingerprint density at radius 1 is 1.69 bits per heavy atom. The van der Waals surface area contributed by atoms with E-state index >= 15 is 0 Å². The van der Waals surface area contributed by atoms with Gasteiger partial charge in [-0.25, -0.2) is 0 Å². The van der Waals surface area contributed by atoms with Crippen molar-refractivity contribution < 1.29 is 0 Å². The van der Waals surface area contributed by atoms with Crippen LogP contribution in [0.25, 0.3) is 0 Å². The third-order valence-electron chi connectivity index (χ3n) is 2.55. The SMILES string of the molecule is CC1CCCN1Cc1nnsc1Cl. The van der Waals surface area contributed by atoms with Crippen LogP contribution in [0, 0.1) is 0 Å². The van der Waals surface area contributed by atoms with E-state index in [9.17, 15) is 0 Å². The Labute approximate surface area is 86.9 Å². The largest absolute Gasteiger partial charge is 0.295 e. The molecule has 0 radical (unpaired) electrons. The molecular formula is C8H12ClN3S. The highest BCUT2D eigenvalue weighted by atomic mass is 35.5. The first-order valence-electron chi connectivity index (χ1n) is 4.48. The van der Waals surface area contributed by atoms with Crippen LogP contribution < -0.4 is 0 Å². The molecule has 0 spiro atoms. The summed E-state index contributed by atoms with van der Waals surface area (Å²) in [6.07, 6.45) is 2.57. The van der Waals surface area contributed by atoms with Crippen LogP contribution in [0.2, 0.25) is 4.34 Å². The lowest BCUT2D eigenvalue weighted by Gasteiger charge is -2.19. The van der Waals surface area contributed by atoms with Crippen molar-refractivity contribution in [3.05, 3.63) is 10.0 Å². The van der Waals surface area contributed by atoms with Crippen LogP contribution in [0.3, 0.4) is 0 Å². The summed E-state index contributed by atoms with van der Waals surface area (Å²) in [6, 6.07) is 0.665. The van der Waals surface area contributed by atoms with Gasteiger partial charge in [0.15, 0.2) is 0 Å². The molecule has 0 aromatic carbocycles. The number of nitrogens with zero attached hydrogens (tertiary/aromatic N) is 3. The molecule has 0 N–H and O–H groups in total. The summed E-state index contributed by atoms with van der Waals surface area (Å²) in [5.74, 6) is 0. The van der Waals surface area contributed by atoms with Crippen molar-refractivity contribution in [3.8, 4) is 0 Å². The molecule has 1 aliphatic rings. The molecule has 13 heavy (non-hydrogen) atoms. The molecular weight excluding hydrogens is 206 g/mol. The van der Waals surface area contributed by atoms with Crippen molar-refractivity contribution in [2.24, 2.45) is 0 Å². The highest BCUT2D eigenvalue weighted by molar-refractivity contribution is 7.10. The number of rotatable bonds is 2. The van der Waals surface area contributed by atoms with Gasteiger partial charge in [-0.3, -0.25) is 4.90 Å². The van der Waals surface area contributed by atoms with E-state index in [2.05, 4.69) is 21.4 Å². The molecule has 1 aromatic rings. The summed E-state index contributed by atoms with van der Waals surface area (Å²) in [6.45, 7) is 4.27. The molecule has 0 aliphatic carbocycles. The van der Waals surface area contributed by atoms with Gasteiger partial charge < -0.3 is 0 Å². The zero-order valence-electron chi connectivity index (χ0n) is 7.53. The maximum atomic E-state index is 5.93. The van der Waals surface area contributed by atoms with Crippen molar-refractivity contribution in [2.45, 2.75) is 32.4 Å². The van der Waals surface area contributed by atoms with Crippen molar-refractivity contribution in [1.82, 2.24) is 14.5 Å². The van der Waals surface area contributed by atoms with E-state index in [0.29, 0.717) is 6.04 Å². The summed E-state index contributed by atoms with van der Waals surface area (Å²) >= 11 is 7.20. The van der Waals surface area contributed by atoms with Gasteiger partial charge >= 0.3 is 0 Å². The van der Waals surface area contributed by atoms with E-state index in [1.165, 1.54) is 24.4 Å². The Kier molecular flexibility index (Phi) is 2.81. The van der Waals surface area contributed by atoms with Crippen LogP contribution in [0.5, 0.6) is 0 Å². The van der Waals surface area contributed by atoms with E-state index < -0.39 is 0 Å². The average Bonchev–Trinajstić information content (AvgIpc) is 2.65. The van der Waals surface area contributed by atoms with Crippen LogP contribution in [-0.4, -0.2) is 27.1 Å². The summed E-state index contributed by atoms with van der Waals surface area (Å²) in [4.78, 5) is 2.41. The Bertz CT molecular complexity index is 289. The van der Waals surface area contributed by atoms with Gasteiger partial charge in [0.05, 0.1) is 0 Å². The lowest BCUT2D eigenvalue weighted by molar-refractivity contribution is 0.257. The molecule has 0 bridgehead atoms. The van der Waals surface area contributed by atoms with E-state index in [0.717, 1.165) is 23.1 Å². The molecule has 1 saturated heterocycles. The molecule has 0 amide bonds. The number of likely N-dealkylation sites (tertiary alicyclic amines) is 1. The Balaban J connectivity index is 2.01. The fourth-order valence-electron chi connectivity index (χ4n) is 1.71. The van der Waals surface area contributed by atoms with E-state index in [1.54, 1.807) is 0 Å². The fraction of sp³-hybridized carbons (Fsp3) is 0.750. The van der Waals surface area contributed by atoms with Gasteiger partial charge in [0, 0.05) is 24.1 Å². The zero-order chi connectivity index (χ0) is 9.26. The monoisotopic (exact) mass is 217 g/mol. The molecule has 1 fully saturated rings. The minimum absolute atomic E-state index is 0.665. The van der Waals surface area contributed by atoms with Crippen molar-refractivity contribution in [1.29, 1.82) is 0 Å². The lowest BCUT2D eigenvalue weighted by Crippen LogP contribution is -2.26. The number of hydrogen-bond donors (Lipinski definition) is 0. The molecule has 1 atom stereocenters. The highest BCUT2D eigenvalue weighted by Crippen LogP contribution is 2.23. The van der Waals surface area contributed by atoms with Gasteiger partial charge in [0.1, 0.15) is 10.0 Å². The van der Waals surface area contributed by atoms with E-state index in [1.807, 2.05) is 0 Å². The second-order valence-electron chi connectivity index (χ2n) is 3.46. The normalized spacial score (nSPS) is 24.0. The first kappa shape index (κ1) is 9.37. The van der Waals surface area contributed by atoms with Gasteiger partial charge in [0.25, 0.3) is 0 Å². The second-order valence-corrected chi connectivity index (χ2v) is 4.81. The van der Waals surface area contributed by atoms with Gasteiger partial charge in [-0.2, -0.15) is 0 Å². The van der Waals surface area contributed by atoms with Crippen molar-refractivity contribution >= 4 is 23.1 Å². The summed E-state index contributed by atoms with van der Waals surface area (Å²) in [5, 5.41) is 4.01. The number of aromatic nitrogens is 2. The van der Waals surface area contributed by atoms with Crippen LogP contribution in [-0.2, 0) is 6.54 Å². The summed E-state index contributed by atoms with van der Waals surface area (Å²) < 4.78 is 4.56. The summed E-state index contributed by atoms with van der Waals surface area (Å²) in [7, 11) is 0. The van der Waals surface area contributed by atoms with Gasteiger partial charge in [0.2, 0.25) is 0 Å². The molecule has 72 valence electrons. The van der Waals surface area contributed by atoms with E-state index in [-0.39, 0.29) is 0 Å². The van der Waals surface area contributed by atoms with Crippen molar-refractivity contribution in [3.63, 3.8) is 0 Å². The Morgan fingerprint density at radius 3 is 3.08 bits per heavy atom. The molecule has 3 nitrogen and oxygen atoms in total. The van der Waals surface area contributed by atoms with Gasteiger partial charge in [-0.05, 0) is 26.3 Å². The first-order chi connectivity index (χ1) is 6.27. The van der Waals surface area contributed by atoms with Crippen LogP contribution >= 0.6 is 23.1 Å². The smallest absolute Gasteiger partial charge is 0.138 e. The highest BCUT2D eigenvalue weighted by Gasteiger charge is 2.21. The second kappa shape index (κ2) is 3.90. The quantitative estimate of drug-likeness (QED) is 0.761. The van der Waals surface area contributed by atoms with Gasteiger partial charge in [-0.15, -0.1) is 5.10 Å². The Hall–Kier alpha value is -0.190. The summed E-state index contributed by atoms with van der Waals surface area (Å²) in [5.41, 5.74) is 0.931. The predicted molar refractivity (Wildman–Crippen MR) is 54.0 cm³/mol.